The number of aliphatic hydroxyl groups is 1. The Kier molecular flexibility index (Phi) is 4.85. The van der Waals surface area contributed by atoms with E-state index in [1.807, 2.05) is 11.8 Å². The Labute approximate surface area is 130 Å². The Balaban J connectivity index is 1.88. The number of hydrogen-bond acceptors (Lipinski definition) is 6. The van der Waals surface area contributed by atoms with Crippen LogP contribution in [0.2, 0.25) is 0 Å². The molecule has 0 aliphatic carbocycles. The van der Waals surface area contributed by atoms with Crippen LogP contribution in [-0.2, 0) is 6.42 Å². The minimum absolute atomic E-state index is 0.373. The maximum Gasteiger partial charge on any atom is 0.227 e. The molecule has 2 aliphatic heterocycles. The summed E-state index contributed by atoms with van der Waals surface area (Å²) in [5.41, 5.74) is 1.18. The van der Waals surface area contributed by atoms with Crippen LogP contribution in [-0.4, -0.2) is 46.6 Å². The minimum atomic E-state index is -0.373. The first-order chi connectivity index (χ1) is 10.2. The smallest absolute Gasteiger partial charge is 0.227 e. The average Bonchev–Trinajstić information content (AvgIpc) is 2.53. The summed E-state index contributed by atoms with van der Waals surface area (Å²) in [6, 6.07) is 0. The predicted octanol–water partition coefficient (Wildman–Crippen LogP) is 2.30. The van der Waals surface area contributed by atoms with Crippen molar-refractivity contribution in [2.24, 2.45) is 0 Å². The quantitative estimate of drug-likeness (QED) is 0.890. The highest BCUT2D eigenvalue weighted by atomic mass is 32.2. The molecule has 0 radical (unpaired) electrons. The number of thioether (sulfide) groups is 1. The number of nitrogens with one attached hydrogen (secondary N) is 1. The molecule has 3 heterocycles. The Bertz CT molecular complexity index is 489. The van der Waals surface area contributed by atoms with Crippen molar-refractivity contribution in [3.05, 3.63) is 5.69 Å². The van der Waals surface area contributed by atoms with Crippen molar-refractivity contribution < 1.29 is 5.11 Å². The molecular formula is C15H24N4OS. The summed E-state index contributed by atoms with van der Waals surface area (Å²) in [6.45, 7) is 4.44. The van der Waals surface area contributed by atoms with Gasteiger partial charge in [0.25, 0.3) is 0 Å². The first-order valence-corrected chi connectivity index (χ1v) is 8.93. The van der Waals surface area contributed by atoms with Gasteiger partial charge < -0.3 is 15.3 Å². The van der Waals surface area contributed by atoms with E-state index in [9.17, 15) is 5.11 Å². The third-order valence-corrected chi connectivity index (χ3v) is 5.14. The van der Waals surface area contributed by atoms with Gasteiger partial charge in [-0.2, -0.15) is 4.98 Å². The lowest BCUT2D eigenvalue weighted by Crippen LogP contribution is -2.32. The highest BCUT2D eigenvalue weighted by Crippen LogP contribution is 2.35. The van der Waals surface area contributed by atoms with Crippen molar-refractivity contribution in [3.63, 3.8) is 0 Å². The fourth-order valence-corrected chi connectivity index (χ4v) is 3.88. The van der Waals surface area contributed by atoms with E-state index in [1.165, 1.54) is 36.3 Å². The van der Waals surface area contributed by atoms with Gasteiger partial charge in [0.2, 0.25) is 5.95 Å². The van der Waals surface area contributed by atoms with E-state index < -0.39 is 0 Å². The second kappa shape index (κ2) is 6.83. The summed E-state index contributed by atoms with van der Waals surface area (Å²) in [6.07, 6.45) is 5.61. The molecular weight excluding hydrogens is 284 g/mol. The lowest BCUT2D eigenvalue weighted by molar-refractivity contribution is 0.208. The number of aliphatic hydroxyl groups excluding tert-OH is 1. The van der Waals surface area contributed by atoms with Crippen molar-refractivity contribution in [2.75, 3.05) is 35.6 Å². The number of aromatic nitrogens is 2. The van der Waals surface area contributed by atoms with Crippen molar-refractivity contribution in [3.8, 4) is 0 Å². The number of anilines is 2. The van der Waals surface area contributed by atoms with Crippen LogP contribution in [0.15, 0.2) is 4.90 Å². The molecule has 1 fully saturated rings. The molecule has 0 bridgehead atoms. The molecule has 0 amide bonds. The number of nitrogens with zero attached hydrogens (tertiary/aromatic N) is 3. The van der Waals surface area contributed by atoms with E-state index in [0.29, 0.717) is 6.54 Å². The lowest BCUT2D eigenvalue weighted by atomic mass is 10.1. The van der Waals surface area contributed by atoms with E-state index in [0.717, 1.165) is 37.0 Å². The van der Waals surface area contributed by atoms with Crippen molar-refractivity contribution in [1.82, 2.24) is 9.97 Å². The maximum atomic E-state index is 9.51. The standard InChI is InChI=1S/C15H24N4OS/c1-11(20)10-16-14-13-12(6-5-9-21-13)17-15(18-14)19-7-3-2-4-8-19/h11,20H,2-10H2,1H3,(H,16,17,18). The van der Waals surface area contributed by atoms with E-state index in [1.54, 1.807) is 6.92 Å². The molecule has 5 nitrogen and oxygen atoms in total. The normalized spacial score (nSPS) is 20.0. The summed E-state index contributed by atoms with van der Waals surface area (Å²) in [4.78, 5) is 13.1. The molecule has 1 aromatic rings. The number of fused-ring (bicyclic) bond motifs is 1. The molecule has 116 valence electrons. The lowest BCUT2D eigenvalue weighted by Gasteiger charge is -2.29. The van der Waals surface area contributed by atoms with E-state index in [2.05, 4.69) is 10.2 Å². The van der Waals surface area contributed by atoms with E-state index in [-0.39, 0.29) is 6.10 Å². The molecule has 21 heavy (non-hydrogen) atoms. The van der Waals surface area contributed by atoms with Gasteiger partial charge in [-0.3, -0.25) is 0 Å². The molecule has 0 spiro atoms. The third-order valence-electron chi connectivity index (χ3n) is 3.93. The molecule has 3 rings (SSSR count). The first kappa shape index (κ1) is 14.9. The van der Waals surface area contributed by atoms with Crippen LogP contribution in [0.1, 0.15) is 38.3 Å². The fraction of sp³-hybridized carbons (Fsp3) is 0.733. The van der Waals surface area contributed by atoms with Crippen LogP contribution in [0.3, 0.4) is 0 Å². The largest absolute Gasteiger partial charge is 0.392 e. The summed E-state index contributed by atoms with van der Waals surface area (Å²) in [5, 5.41) is 12.8. The molecule has 2 N–H and O–H groups in total. The minimum Gasteiger partial charge on any atom is -0.392 e. The predicted molar refractivity (Wildman–Crippen MR) is 87.3 cm³/mol. The van der Waals surface area contributed by atoms with Crippen LogP contribution in [0.5, 0.6) is 0 Å². The molecule has 0 aromatic carbocycles. The van der Waals surface area contributed by atoms with Gasteiger partial charge in [0.1, 0.15) is 5.82 Å². The van der Waals surface area contributed by atoms with Gasteiger partial charge in [-0.1, -0.05) is 0 Å². The zero-order valence-corrected chi connectivity index (χ0v) is 13.5. The molecule has 0 saturated carbocycles. The van der Waals surface area contributed by atoms with Crippen molar-refractivity contribution in [2.45, 2.75) is 50.0 Å². The molecule has 1 atom stereocenters. The van der Waals surface area contributed by atoms with E-state index in [4.69, 9.17) is 9.97 Å². The van der Waals surface area contributed by atoms with Crippen LogP contribution in [0.25, 0.3) is 0 Å². The van der Waals surface area contributed by atoms with Crippen molar-refractivity contribution in [1.29, 1.82) is 0 Å². The first-order valence-electron chi connectivity index (χ1n) is 7.94. The zero-order chi connectivity index (χ0) is 14.7. The summed E-state index contributed by atoms with van der Waals surface area (Å²) < 4.78 is 0. The SMILES string of the molecule is CC(O)CNc1nc(N2CCCCC2)nc2c1SCCC2. The Morgan fingerprint density at radius 3 is 2.81 bits per heavy atom. The van der Waals surface area contributed by atoms with Gasteiger partial charge in [-0.25, -0.2) is 4.98 Å². The zero-order valence-electron chi connectivity index (χ0n) is 12.6. The number of aryl methyl sites for hydroxylation is 1. The average molecular weight is 308 g/mol. The van der Waals surface area contributed by atoms with Gasteiger partial charge in [-0.15, -0.1) is 11.8 Å². The van der Waals surface area contributed by atoms with Crippen LogP contribution >= 0.6 is 11.8 Å². The summed E-state index contributed by atoms with van der Waals surface area (Å²) in [5.74, 6) is 2.90. The molecule has 2 aliphatic rings. The maximum absolute atomic E-state index is 9.51. The second-order valence-electron chi connectivity index (χ2n) is 5.88. The van der Waals surface area contributed by atoms with Crippen LogP contribution < -0.4 is 10.2 Å². The van der Waals surface area contributed by atoms with Gasteiger partial charge in [-0.05, 0) is 44.8 Å². The summed E-state index contributed by atoms with van der Waals surface area (Å²) >= 11 is 1.83. The highest BCUT2D eigenvalue weighted by Gasteiger charge is 2.22. The number of rotatable bonds is 4. The highest BCUT2D eigenvalue weighted by molar-refractivity contribution is 7.99. The van der Waals surface area contributed by atoms with Gasteiger partial charge in [0, 0.05) is 19.6 Å². The van der Waals surface area contributed by atoms with Gasteiger partial charge >= 0.3 is 0 Å². The third kappa shape index (κ3) is 3.61. The fourth-order valence-electron chi connectivity index (χ4n) is 2.82. The van der Waals surface area contributed by atoms with Gasteiger partial charge in [0.05, 0.1) is 16.7 Å². The molecule has 6 heteroatoms. The Hall–Kier alpha value is -1.01. The van der Waals surface area contributed by atoms with Gasteiger partial charge in [0.15, 0.2) is 0 Å². The number of hydrogen-bond donors (Lipinski definition) is 2. The van der Waals surface area contributed by atoms with Crippen LogP contribution in [0.4, 0.5) is 11.8 Å². The van der Waals surface area contributed by atoms with E-state index >= 15 is 0 Å². The molecule has 1 aromatic heterocycles. The second-order valence-corrected chi connectivity index (χ2v) is 6.98. The number of piperidine rings is 1. The van der Waals surface area contributed by atoms with Crippen molar-refractivity contribution >= 4 is 23.5 Å². The Morgan fingerprint density at radius 2 is 2.05 bits per heavy atom. The molecule has 1 saturated heterocycles. The monoisotopic (exact) mass is 308 g/mol. The summed E-state index contributed by atoms with van der Waals surface area (Å²) in [7, 11) is 0. The topological polar surface area (TPSA) is 61.3 Å². The van der Waals surface area contributed by atoms with Crippen LogP contribution in [0, 0.1) is 0 Å². The molecule has 1 unspecified atom stereocenters. The Morgan fingerprint density at radius 1 is 1.24 bits per heavy atom.